The van der Waals surface area contributed by atoms with Crippen LogP contribution >= 0.6 is 0 Å². The topological polar surface area (TPSA) is 13.1 Å². The van der Waals surface area contributed by atoms with Crippen molar-refractivity contribution >= 4 is 54.3 Å². The fraction of sp³-hybridized carbons (Fsp3) is 0.125. The SMILES string of the molecule is CCC.Cc1ccc2c3ccccc3c3ccccc3c2c1.Cc1ccccc1-c1cc(-c2ccc3oc4ccccc4c3c2)ccc1C. The van der Waals surface area contributed by atoms with E-state index in [1.165, 1.54) is 88.5 Å². The molecule has 240 valence electrons. The monoisotopic (exact) mass is 634 g/mol. The predicted octanol–water partition coefficient (Wildman–Crippen LogP) is 14.4. The van der Waals surface area contributed by atoms with Crippen LogP contribution in [-0.4, -0.2) is 0 Å². The Morgan fingerprint density at radius 2 is 0.857 bits per heavy atom. The molecular weight excluding hydrogens is 593 g/mol. The molecule has 0 aliphatic carbocycles. The summed E-state index contributed by atoms with van der Waals surface area (Å²) >= 11 is 0. The molecule has 8 aromatic carbocycles. The third kappa shape index (κ3) is 6.21. The molecule has 0 unspecified atom stereocenters. The number of hydrogen-bond acceptors (Lipinski definition) is 1. The summed E-state index contributed by atoms with van der Waals surface area (Å²) in [5.74, 6) is 0. The zero-order valence-corrected chi connectivity index (χ0v) is 29.0. The van der Waals surface area contributed by atoms with Crippen molar-refractivity contribution in [2.75, 3.05) is 0 Å². The minimum atomic E-state index is 0.936. The van der Waals surface area contributed by atoms with E-state index >= 15 is 0 Å². The summed E-state index contributed by atoms with van der Waals surface area (Å²) in [4.78, 5) is 0. The summed E-state index contributed by atoms with van der Waals surface area (Å²) in [6.45, 7) is 10.8. The second kappa shape index (κ2) is 13.8. The lowest BCUT2D eigenvalue weighted by atomic mass is 9.92. The Hall–Kier alpha value is -5.66. The molecule has 1 nitrogen and oxygen atoms in total. The van der Waals surface area contributed by atoms with Crippen molar-refractivity contribution in [3.8, 4) is 22.3 Å². The maximum Gasteiger partial charge on any atom is 0.135 e. The van der Waals surface area contributed by atoms with E-state index in [4.69, 9.17) is 4.42 Å². The second-order valence-electron chi connectivity index (χ2n) is 13.0. The molecule has 0 atom stereocenters. The number of para-hydroxylation sites is 1. The van der Waals surface area contributed by atoms with Crippen molar-refractivity contribution in [2.24, 2.45) is 0 Å². The van der Waals surface area contributed by atoms with E-state index in [1.807, 2.05) is 12.1 Å². The average Bonchev–Trinajstić information content (AvgIpc) is 3.51. The second-order valence-corrected chi connectivity index (χ2v) is 13.0. The summed E-state index contributed by atoms with van der Waals surface area (Å²) in [6, 6.07) is 54.1. The van der Waals surface area contributed by atoms with Gasteiger partial charge in [-0.05, 0) is 111 Å². The van der Waals surface area contributed by atoms with E-state index in [0.29, 0.717) is 0 Å². The van der Waals surface area contributed by atoms with E-state index in [1.54, 1.807) is 0 Å². The average molecular weight is 635 g/mol. The molecular formula is C48H42O. The van der Waals surface area contributed by atoms with Crippen molar-refractivity contribution < 1.29 is 4.42 Å². The number of fused-ring (bicyclic) bond motifs is 9. The number of furan rings is 1. The zero-order valence-electron chi connectivity index (χ0n) is 29.0. The summed E-state index contributed by atoms with van der Waals surface area (Å²) < 4.78 is 5.97. The lowest BCUT2D eigenvalue weighted by Gasteiger charge is -2.12. The summed E-state index contributed by atoms with van der Waals surface area (Å²) in [6.07, 6.45) is 1.25. The van der Waals surface area contributed by atoms with Crippen LogP contribution < -0.4 is 0 Å². The molecule has 0 amide bonds. The number of rotatable bonds is 2. The molecule has 1 heteroatoms. The van der Waals surface area contributed by atoms with Gasteiger partial charge < -0.3 is 4.42 Å². The van der Waals surface area contributed by atoms with Crippen LogP contribution in [0.3, 0.4) is 0 Å². The molecule has 0 saturated heterocycles. The first-order valence-electron chi connectivity index (χ1n) is 17.3. The van der Waals surface area contributed by atoms with Crippen LogP contribution in [0.4, 0.5) is 0 Å². The van der Waals surface area contributed by atoms with Gasteiger partial charge in [-0.15, -0.1) is 0 Å². The molecule has 0 N–H and O–H groups in total. The lowest BCUT2D eigenvalue weighted by molar-refractivity contribution is 0.669. The first-order chi connectivity index (χ1) is 24.0. The van der Waals surface area contributed by atoms with E-state index in [0.717, 1.165) is 11.2 Å². The fourth-order valence-electron chi connectivity index (χ4n) is 6.89. The van der Waals surface area contributed by atoms with Gasteiger partial charge in [0.15, 0.2) is 0 Å². The highest BCUT2D eigenvalue weighted by Crippen LogP contribution is 2.36. The van der Waals surface area contributed by atoms with Crippen molar-refractivity contribution in [1.29, 1.82) is 0 Å². The molecule has 0 aliphatic rings. The van der Waals surface area contributed by atoms with Gasteiger partial charge in [-0.25, -0.2) is 0 Å². The molecule has 0 radical (unpaired) electrons. The highest BCUT2D eigenvalue weighted by molar-refractivity contribution is 6.25. The fourth-order valence-corrected chi connectivity index (χ4v) is 6.89. The first-order valence-corrected chi connectivity index (χ1v) is 17.3. The Bertz CT molecular complexity index is 2550. The molecule has 9 aromatic rings. The molecule has 1 aromatic heterocycles. The van der Waals surface area contributed by atoms with Crippen molar-refractivity contribution in [1.82, 2.24) is 0 Å². The minimum absolute atomic E-state index is 0.936. The summed E-state index contributed by atoms with van der Waals surface area (Å²) in [7, 11) is 0. The van der Waals surface area contributed by atoms with Gasteiger partial charge in [0.25, 0.3) is 0 Å². The molecule has 9 rings (SSSR count). The van der Waals surface area contributed by atoms with Crippen LogP contribution in [0.1, 0.15) is 37.0 Å². The first kappa shape index (κ1) is 31.9. The summed E-state index contributed by atoms with van der Waals surface area (Å²) in [5.41, 5.74) is 10.8. The van der Waals surface area contributed by atoms with Crippen LogP contribution in [0.5, 0.6) is 0 Å². The molecule has 0 fully saturated rings. The van der Waals surface area contributed by atoms with Gasteiger partial charge in [0, 0.05) is 10.8 Å². The molecule has 0 spiro atoms. The van der Waals surface area contributed by atoms with Crippen LogP contribution in [0.25, 0.3) is 76.5 Å². The quantitative estimate of drug-likeness (QED) is 0.172. The van der Waals surface area contributed by atoms with Gasteiger partial charge in [-0.1, -0.05) is 153 Å². The Morgan fingerprint density at radius 3 is 1.53 bits per heavy atom. The largest absolute Gasteiger partial charge is 0.456 e. The standard InChI is InChI=1S/C26H20O.C19H14.C3H8/c1-17-7-3-4-8-21(17)23-15-19(12-11-18(23)2)20-13-14-26-24(16-20)22-9-5-6-10-25(22)27-26;1-13-10-11-18-16-8-3-2-6-14(16)15-7-4-5-9-17(15)19(18)12-13;1-3-2/h3-16H,1-2H3;2-12H,1H3;3H2,1-2H3. The molecule has 49 heavy (non-hydrogen) atoms. The normalized spacial score (nSPS) is 11.0. The van der Waals surface area contributed by atoms with Crippen molar-refractivity contribution in [3.63, 3.8) is 0 Å². The van der Waals surface area contributed by atoms with Crippen LogP contribution in [0.2, 0.25) is 0 Å². The number of benzene rings is 8. The molecule has 0 saturated carbocycles. The van der Waals surface area contributed by atoms with E-state index in [9.17, 15) is 0 Å². The van der Waals surface area contributed by atoms with Crippen molar-refractivity contribution in [3.05, 3.63) is 168 Å². The number of hydrogen-bond donors (Lipinski definition) is 0. The van der Waals surface area contributed by atoms with E-state index in [-0.39, 0.29) is 0 Å². The Morgan fingerprint density at radius 1 is 0.367 bits per heavy atom. The van der Waals surface area contributed by atoms with E-state index < -0.39 is 0 Å². The summed E-state index contributed by atoms with van der Waals surface area (Å²) in [5, 5.41) is 10.4. The van der Waals surface area contributed by atoms with E-state index in [2.05, 4.69) is 174 Å². The predicted molar refractivity (Wildman–Crippen MR) is 214 cm³/mol. The minimum Gasteiger partial charge on any atom is -0.456 e. The van der Waals surface area contributed by atoms with Gasteiger partial charge in [-0.3, -0.25) is 0 Å². The molecule has 1 heterocycles. The van der Waals surface area contributed by atoms with Crippen LogP contribution in [0, 0.1) is 20.8 Å². The Balaban J connectivity index is 0.000000150. The Labute approximate surface area is 289 Å². The lowest BCUT2D eigenvalue weighted by Crippen LogP contribution is -1.88. The highest BCUT2D eigenvalue weighted by atomic mass is 16.3. The smallest absolute Gasteiger partial charge is 0.135 e. The van der Waals surface area contributed by atoms with Crippen molar-refractivity contribution in [2.45, 2.75) is 41.0 Å². The van der Waals surface area contributed by atoms with Gasteiger partial charge in [0.2, 0.25) is 0 Å². The third-order valence-electron chi connectivity index (χ3n) is 9.28. The maximum atomic E-state index is 5.97. The van der Waals surface area contributed by atoms with Gasteiger partial charge in [0.1, 0.15) is 11.2 Å². The van der Waals surface area contributed by atoms with Gasteiger partial charge in [-0.2, -0.15) is 0 Å². The highest BCUT2D eigenvalue weighted by Gasteiger charge is 2.11. The molecule has 0 aliphatic heterocycles. The third-order valence-corrected chi connectivity index (χ3v) is 9.28. The molecule has 0 bridgehead atoms. The Kier molecular flexibility index (Phi) is 9.01. The maximum absolute atomic E-state index is 5.97. The van der Waals surface area contributed by atoms with Gasteiger partial charge >= 0.3 is 0 Å². The zero-order chi connectivity index (χ0) is 33.9. The van der Waals surface area contributed by atoms with Crippen LogP contribution in [0.15, 0.2) is 156 Å². The van der Waals surface area contributed by atoms with Crippen LogP contribution in [-0.2, 0) is 0 Å². The number of aryl methyl sites for hydroxylation is 3. The van der Waals surface area contributed by atoms with Gasteiger partial charge in [0.05, 0.1) is 0 Å².